The molecule has 0 fully saturated rings. The second-order valence-corrected chi connectivity index (χ2v) is 6.51. The van der Waals surface area contributed by atoms with E-state index in [9.17, 15) is 4.39 Å². The average molecular weight is 386 g/mol. The van der Waals surface area contributed by atoms with Crippen molar-refractivity contribution in [3.8, 4) is 11.5 Å². The van der Waals surface area contributed by atoms with Gasteiger partial charge in [0.2, 0.25) is 0 Å². The number of hydrogen-bond acceptors (Lipinski definition) is 3. The number of hydrogen-bond donors (Lipinski definition) is 1. The third kappa shape index (κ3) is 5.46. The zero-order valence-corrected chi connectivity index (χ0v) is 15.8. The topological polar surface area (TPSA) is 30.5 Å². The smallest absolute Gasteiger partial charge is 0.161 e. The van der Waals surface area contributed by atoms with Crippen molar-refractivity contribution < 1.29 is 13.9 Å². The molecule has 3 nitrogen and oxygen atoms in total. The third-order valence-electron chi connectivity index (χ3n) is 4.13. The molecule has 0 heterocycles. The second kappa shape index (κ2) is 9.40. The maximum Gasteiger partial charge on any atom is 0.161 e. The van der Waals surface area contributed by atoms with Gasteiger partial charge in [-0.2, -0.15) is 0 Å². The molecule has 0 amide bonds. The normalized spacial score (nSPS) is 10.6. The number of rotatable bonds is 8. The first-order valence-electron chi connectivity index (χ1n) is 8.64. The molecule has 0 aliphatic carbocycles. The number of benzene rings is 3. The molecule has 0 atom stereocenters. The first-order valence-corrected chi connectivity index (χ1v) is 9.02. The summed E-state index contributed by atoms with van der Waals surface area (Å²) in [5.74, 6) is 0.894. The van der Waals surface area contributed by atoms with Crippen LogP contribution in [0.3, 0.4) is 0 Å². The van der Waals surface area contributed by atoms with E-state index < -0.39 is 0 Å². The molecular weight excluding hydrogens is 365 g/mol. The Balaban J connectivity index is 1.60. The summed E-state index contributed by atoms with van der Waals surface area (Å²) in [5, 5.41) is 3.75. The van der Waals surface area contributed by atoms with Crippen molar-refractivity contribution in [2.75, 3.05) is 7.11 Å². The van der Waals surface area contributed by atoms with Crippen LogP contribution >= 0.6 is 11.6 Å². The monoisotopic (exact) mass is 385 g/mol. The van der Waals surface area contributed by atoms with Crippen LogP contribution in [0.1, 0.15) is 16.7 Å². The standard InChI is InChI=1S/C22H21ClFNO2/c1-26-22-11-17(14-25-13-16-5-3-2-4-6-16)7-10-21(22)27-15-18-8-9-19(24)12-20(18)23/h2-12,25H,13-15H2,1H3. The van der Waals surface area contributed by atoms with E-state index in [1.807, 2.05) is 36.4 Å². The Labute approximate surface area is 163 Å². The summed E-state index contributed by atoms with van der Waals surface area (Å²) < 4.78 is 24.4. The van der Waals surface area contributed by atoms with Crippen LogP contribution in [0.4, 0.5) is 4.39 Å². The summed E-state index contributed by atoms with van der Waals surface area (Å²) in [4.78, 5) is 0. The van der Waals surface area contributed by atoms with E-state index >= 15 is 0 Å². The van der Waals surface area contributed by atoms with Crippen molar-refractivity contribution in [3.05, 3.63) is 94.3 Å². The van der Waals surface area contributed by atoms with Gasteiger partial charge in [-0.25, -0.2) is 4.39 Å². The molecule has 0 spiro atoms. The molecule has 5 heteroatoms. The largest absolute Gasteiger partial charge is 0.493 e. The van der Waals surface area contributed by atoms with Gasteiger partial charge in [-0.1, -0.05) is 54.1 Å². The molecule has 0 bridgehead atoms. The van der Waals surface area contributed by atoms with E-state index in [2.05, 4.69) is 17.4 Å². The highest BCUT2D eigenvalue weighted by Crippen LogP contribution is 2.29. The Hall–Kier alpha value is -2.56. The Bertz CT molecular complexity index is 887. The van der Waals surface area contributed by atoms with Crippen LogP contribution in [-0.2, 0) is 19.7 Å². The summed E-state index contributed by atoms with van der Waals surface area (Å²) in [6.07, 6.45) is 0. The molecule has 0 aliphatic heterocycles. The minimum absolute atomic E-state index is 0.237. The molecule has 1 N–H and O–H groups in total. The van der Waals surface area contributed by atoms with Crippen LogP contribution < -0.4 is 14.8 Å². The SMILES string of the molecule is COc1cc(CNCc2ccccc2)ccc1OCc1ccc(F)cc1Cl. The number of methoxy groups -OCH3 is 1. The molecule has 0 aliphatic rings. The van der Waals surface area contributed by atoms with Crippen LogP contribution in [-0.4, -0.2) is 7.11 Å². The first kappa shape index (κ1) is 19.2. The minimum atomic E-state index is -0.367. The van der Waals surface area contributed by atoms with Crippen LogP contribution in [0.2, 0.25) is 5.02 Å². The number of ether oxygens (including phenoxy) is 2. The number of halogens is 2. The van der Waals surface area contributed by atoms with E-state index in [4.69, 9.17) is 21.1 Å². The van der Waals surface area contributed by atoms with Gasteiger partial charge in [-0.05, 0) is 35.4 Å². The number of nitrogens with one attached hydrogen (secondary N) is 1. The van der Waals surface area contributed by atoms with Gasteiger partial charge >= 0.3 is 0 Å². The summed E-state index contributed by atoms with van der Waals surface area (Å²) in [6.45, 7) is 1.75. The average Bonchev–Trinajstić information content (AvgIpc) is 2.68. The molecule has 0 saturated heterocycles. The summed E-state index contributed by atoms with van der Waals surface area (Å²) in [6, 6.07) is 20.3. The van der Waals surface area contributed by atoms with E-state index in [1.165, 1.54) is 17.7 Å². The lowest BCUT2D eigenvalue weighted by Gasteiger charge is -2.13. The van der Waals surface area contributed by atoms with E-state index in [1.54, 1.807) is 13.2 Å². The molecule has 140 valence electrons. The lowest BCUT2D eigenvalue weighted by molar-refractivity contribution is 0.284. The fraction of sp³-hybridized carbons (Fsp3) is 0.182. The summed E-state index contributed by atoms with van der Waals surface area (Å²) in [5.41, 5.74) is 3.05. The molecule has 0 aromatic heterocycles. The van der Waals surface area contributed by atoms with E-state index in [-0.39, 0.29) is 12.4 Å². The van der Waals surface area contributed by atoms with Gasteiger partial charge in [0, 0.05) is 18.7 Å². The Morgan fingerprint density at radius 1 is 0.889 bits per heavy atom. The summed E-state index contributed by atoms with van der Waals surface area (Å²) in [7, 11) is 1.61. The van der Waals surface area contributed by atoms with Gasteiger partial charge in [0.15, 0.2) is 11.5 Å². The molecule has 0 saturated carbocycles. The van der Waals surface area contributed by atoms with Gasteiger partial charge < -0.3 is 14.8 Å². The molecule has 3 aromatic carbocycles. The fourth-order valence-corrected chi connectivity index (χ4v) is 2.90. The highest BCUT2D eigenvalue weighted by molar-refractivity contribution is 6.31. The molecule has 0 unspecified atom stereocenters. The van der Waals surface area contributed by atoms with Crippen molar-refractivity contribution in [2.24, 2.45) is 0 Å². The van der Waals surface area contributed by atoms with Crippen molar-refractivity contribution >= 4 is 11.6 Å². The lowest BCUT2D eigenvalue weighted by Crippen LogP contribution is -2.12. The molecule has 3 aromatic rings. The van der Waals surface area contributed by atoms with Gasteiger partial charge in [0.05, 0.1) is 12.1 Å². The predicted octanol–water partition coefficient (Wildman–Crippen LogP) is 5.36. The van der Waals surface area contributed by atoms with Crippen LogP contribution in [0.5, 0.6) is 11.5 Å². The van der Waals surface area contributed by atoms with Crippen molar-refractivity contribution in [2.45, 2.75) is 19.7 Å². The summed E-state index contributed by atoms with van der Waals surface area (Å²) >= 11 is 6.04. The molecule has 3 rings (SSSR count). The maximum atomic E-state index is 13.1. The molecule has 0 radical (unpaired) electrons. The Morgan fingerprint density at radius 2 is 1.67 bits per heavy atom. The van der Waals surface area contributed by atoms with Crippen LogP contribution in [0, 0.1) is 5.82 Å². The highest BCUT2D eigenvalue weighted by Gasteiger charge is 2.08. The highest BCUT2D eigenvalue weighted by atomic mass is 35.5. The van der Waals surface area contributed by atoms with Crippen LogP contribution in [0.25, 0.3) is 0 Å². The predicted molar refractivity (Wildman–Crippen MR) is 106 cm³/mol. The van der Waals surface area contributed by atoms with Gasteiger partial charge in [-0.3, -0.25) is 0 Å². The zero-order chi connectivity index (χ0) is 19.1. The molecule has 27 heavy (non-hydrogen) atoms. The first-order chi connectivity index (χ1) is 13.2. The molecular formula is C22H21ClFNO2. The second-order valence-electron chi connectivity index (χ2n) is 6.10. The third-order valence-corrected chi connectivity index (χ3v) is 4.48. The quantitative estimate of drug-likeness (QED) is 0.566. The Morgan fingerprint density at radius 3 is 2.41 bits per heavy atom. The van der Waals surface area contributed by atoms with E-state index in [0.29, 0.717) is 22.1 Å². The minimum Gasteiger partial charge on any atom is -0.493 e. The van der Waals surface area contributed by atoms with Gasteiger partial charge in [0.1, 0.15) is 12.4 Å². The van der Waals surface area contributed by atoms with Crippen molar-refractivity contribution in [1.29, 1.82) is 0 Å². The van der Waals surface area contributed by atoms with E-state index in [0.717, 1.165) is 18.7 Å². The van der Waals surface area contributed by atoms with Crippen LogP contribution in [0.15, 0.2) is 66.7 Å². The zero-order valence-electron chi connectivity index (χ0n) is 15.0. The maximum absolute atomic E-state index is 13.1. The Kier molecular flexibility index (Phi) is 6.69. The van der Waals surface area contributed by atoms with Gasteiger partial charge in [0.25, 0.3) is 0 Å². The van der Waals surface area contributed by atoms with Crippen molar-refractivity contribution in [3.63, 3.8) is 0 Å². The van der Waals surface area contributed by atoms with Gasteiger partial charge in [-0.15, -0.1) is 0 Å². The van der Waals surface area contributed by atoms with Crippen molar-refractivity contribution in [1.82, 2.24) is 5.32 Å². The lowest BCUT2D eigenvalue weighted by atomic mass is 10.2. The fourth-order valence-electron chi connectivity index (χ4n) is 2.68.